The molecule has 9 heteroatoms. The van der Waals surface area contributed by atoms with Gasteiger partial charge in [-0.05, 0) is 6.92 Å². The molecule has 0 spiro atoms. The maximum Gasteiger partial charge on any atom is 0.157 e. The van der Waals surface area contributed by atoms with Gasteiger partial charge in [-0.25, -0.2) is 14.4 Å². The Kier molecular flexibility index (Phi) is 3.28. The summed E-state index contributed by atoms with van der Waals surface area (Å²) < 4.78 is 21.0. The molecule has 4 atom stereocenters. The highest BCUT2D eigenvalue weighted by atomic mass is 35.5. The first-order valence-corrected chi connectivity index (χ1v) is 6.65. The smallest absolute Gasteiger partial charge is 0.157 e. The van der Waals surface area contributed by atoms with Crippen LogP contribution in [0.1, 0.15) is 13.2 Å². The van der Waals surface area contributed by atoms with Crippen molar-refractivity contribution in [2.24, 2.45) is 0 Å². The zero-order valence-electron chi connectivity index (χ0n) is 11.1. The fourth-order valence-electron chi connectivity index (χ4n) is 2.60. The van der Waals surface area contributed by atoms with Gasteiger partial charge in [-0.2, -0.15) is 0 Å². The number of aliphatic hydroxyl groups excluding tert-OH is 2. The third-order valence-electron chi connectivity index (χ3n) is 3.74. The van der Waals surface area contributed by atoms with Gasteiger partial charge in [0.05, 0.1) is 12.0 Å². The molecule has 0 saturated carbocycles. The van der Waals surface area contributed by atoms with Crippen LogP contribution in [-0.2, 0) is 4.74 Å². The summed E-state index contributed by atoms with van der Waals surface area (Å²) in [5.41, 5.74) is 5.86. The van der Waals surface area contributed by atoms with E-state index in [1.807, 2.05) is 0 Å². The number of halogens is 2. The molecule has 7 nitrogen and oxygen atoms in total. The predicted octanol–water partition coefficient (Wildman–Crippen LogP) is 0.401. The van der Waals surface area contributed by atoms with Crippen molar-refractivity contribution in [2.75, 3.05) is 12.3 Å². The van der Waals surface area contributed by atoms with Crippen molar-refractivity contribution in [3.05, 3.63) is 18.3 Å². The van der Waals surface area contributed by atoms with Gasteiger partial charge < -0.3 is 25.3 Å². The molecule has 0 aliphatic carbocycles. The van der Waals surface area contributed by atoms with E-state index in [4.69, 9.17) is 22.1 Å². The predicted molar refractivity (Wildman–Crippen MR) is 73.2 cm³/mol. The van der Waals surface area contributed by atoms with Crippen LogP contribution in [0, 0.1) is 5.82 Å². The normalized spacial score (nSPS) is 32.9. The Labute approximate surface area is 124 Å². The van der Waals surface area contributed by atoms with Crippen molar-refractivity contribution in [1.29, 1.82) is 0 Å². The first-order valence-electron chi connectivity index (χ1n) is 6.27. The van der Waals surface area contributed by atoms with E-state index in [0.29, 0.717) is 0 Å². The number of nitrogens with two attached hydrogens (primary N) is 1. The molecule has 114 valence electrons. The summed E-state index contributed by atoms with van der Waals surface area (Å²) in [6.45, 7) is 1.15. The molecule has 2 aromatic heterocycles. The fraction of sp³-hybridized carbons (Fsp3) is 0.500. The van der Waals surface area contributed by atoms with Crippen molar-refractivity contribution < 1.29 is 19.3 Å². The minimum atomic E-state index is -1.26. The molecule has 3 rings (SSSR count). The van der Waals surface area contributed by atoms with Gasteiger partial charge in [-0.1, -0.05) is 0 Å². The Balaban J connectivity index is 2.15. The lowest BCUT2D eigenvalue weighted by Gasteiger charge is -2.26. The van der Waals surface area contributed by atoms with E-state index in [1.54, 1.807) is 6.92 Å². The molecule has 21 heavy (non-hydrogen) atoms. The minimum absolute atomic E-state index is 0.00443. The maximum absolute atomic E-state index is 14.1. The molecule has 1 fully saturated rings. The fourth-order valence-corrected chi connectivity index (χ4v) is 2.90. The lowest BCUT2D eigenvalue weighted by atomic mass is 10.0. The van der Waals surface area contributed by atoms with Gasteiger partial charge in [0.2, 0.25) is 0 Å². The number of aromatic nitrogens is 3. The summed E-state index contributed by atoms with van der Waals surface area (Å²) in [7, 11) is 0. The number of nitrogens with zero attached hydrogens (tertiary/aromatic N) is 3. The zero-order valence-corrected chi connectivity index (χ0v) is 11.8. The summed E-state index contributed by atoms with van der Waals surface area (Å²) in [5, 5.41) is 19.4. The van der Waals surface area contributed by atoms with E-state index in [1.165, 1.54) is 10.9 Å². The number of alkyl halides is 1. The topological polar surface area (TPSA) is 106 Å². The van der Waals surface area contributed by atoms with Crippen molar-refractivity contribution in [2.45, 2.75) is 30.2 Å². The monoisotopic (exact) mass is 316 g/mol. The molecule has 2 aromatic rings. The van der Waals surface area contributed by atoms with Crippen molar-refractivity contribution in [1.82, 2.24) is 14.5 Å². The van der Waals surface area contributed by atoms with E-state index in [9.17, 15) is 14.6 Å². The largest absolute Gasteiger partial charge is 0.394 e. The van der Waals surface area contributed by atoms with Crippen LogP contribution in [0.2, 0.25) is 0 Å². The Morgan fingerprint density at radius 3 is 2.90 bits per heavy atom. The minimum Gasteiger partial charge on any atom is -0.394 e. The Bertz CT molecular complexity index is 692. The van der Waals surface area contributed by atoms with E-state index < -0.39 is 35.7 Å². The number of aliphatic hydroxyl groups is 2. The van der Waals surface area contributed by atoms with Crippen LogP contribution in [0.15, 0.2) is 12.5 Å². The van der Waals surface area contributed by atoms with E-state index in [2.05, 4.69) is 9.97 Å². The number of fused-ring (bicyclic) bond motifs is 1. The van der Waals surface area contributed by atoms with Gasteiger partial charge in [-0.15, -0.1) is 11.6 Å². The highest BCUT2D eigenvalue weighted by molar-refractivity contribution is 6.24. The van der Waals surface area contributed by atoms with E-state index >= 15 is 0 Å². The van der Waals surface area contributed by atoms with Gasteiger partial charge >= 0.3 is 0 Å². The summed E-state index contributed by atoms with van der Waals surface area (Å²) >= 11 is 6.34. The second kappa shape index (κ2) is 4.77. The summed E-state index contributed by atoms with van der Waals surface area (Å²) in [5.74, 6) is -0.606. The molecule has 1 saturated heterocycles. The lowest BCUT2D eigenvalue weighted by molar-refractivity contribution is -0.0440. The average molecular weight is 317 g/mol. The van der Waals surface area contributed by atoms with Gasteiger partial charge in [0.1, 0.15) is 29.2 Å². The third kappa shape index (κ3) is 1.98. The zero-order chi connectivity index (χ0) is 15.4. The molecular weight excluding hydrogens is 303 g/mol. The van der Waals surface area contributed by atoms with Crippen LogP contribution in [0.5, 0.6) is 0 Å². The highest BCUT2D eigenvalue weighted by Gasteiger charge is 2.53. The lowest BCUT2D eigenvalue weighted by Crippen LogP contribution is -2.39. The second-order valence-corrected chi connectivity index (χ2v) is 5.96. The number of nitrogen functional groups attached to an aromatic ring is 1. The standard InChI is InChI=1S/C12H14ClFN4O3/c1-12(13)8(20)6(3-19)21-11(12)18-2-5(14)7-9(15)16-4-17-10(7)18/h2,4,6,8,11,19-20H,3H2,1H3,(H2,15,16,17). The van der Waals surface area contributed by atoms with Gasteiger partial charge in [0, 0.05) is 6.20 Å². The molecule has 1 aliphatic heterocycles. The highest BCUT2D eigenvalue weighted by Crippen LogP contribution is 2.44. The molecular formula is C12H14ClFN4O3. The summed E-state index contributed by atoms with van der Waals surface area (Å²) in [6.07, 6.45) is -0.541. The van der Waals surface area contributed by atoms with Crippen LogP contribution >= 0.6 is 11.6 Å². The summed E-state index contributed by atoms with van der Waals surface area (Å²) in [6, 6.07) is 0. The quantitative estimate of drug-likeness (QED) is 0.692. The Hall–Kier alpha value is -1.48. The molecule has 0 amide bonds. The SMILES string of the molecule is CC1(Cl)C(O)C(CO)OC1n1cc(F)c2c(N)ncnc21. The number of rotatable bonds is 2. The second-order valence-electron chi connectivity index (χ2n) is 5.15. The average Bonchev–Trinajstić information content (AvgIpc) is 2.87. The van der Waals surface area contributed by atoms with E-state index in [0.717, 1.165) is 6.20 Å². The van der Waals surface area contributed by atoms with Crippen molar-refractivity contribution in [3.8, 4) is 0 Å². The van der Waals surface area contributed by atoms with Gasteiger partial charge in [0.25, 0.3) is 0 Å². The molecule has 0 aromatic carbocycles. The van der Waals surface area contributed by atoms with Crippen molar-refractivity contribution in [3.63, 3.8) is 0 Å². The van der Waals surface area contributed by atoms with Gasteiger partial charge in [-0.3, -0.25) is 0 Å². The van der Waals surface area contributed by atoms with Crippen LogP contribution in [0.3, 0.4) is 0 Å². The van der Waals surface area contributed by atoms with Crippen LogP contribution < -0.4 is 5.73 Å². The molecule has 3 heterocycles. The molecule has 1 aliphatic rings. The van der Waals surface area contributed by atoms with Crippen LogP contribution in [-0.4, -0.2) is 48.4 Å². The Morgan fingerprint density at radius 2 is 2.29 bits per heavy atom. The number of hydrogen-bond acceptors (Lipinski definition) is 6. The van der Waals surface area contributed by atoms with Crippen molar-refractivity contribution >= 4 is 28.5 Å². The number of hydrogen-bond donors (Lipinski definition) is 3. The number of anilines is 1. The summed E-state index contributed by atoms with van der Waals surface area (Å²) in [4.78, 5) is 6.48. The third-order valence-corrected chi connectivity index (χ3v) is 4.15. The molecule has 4 unspecified atom stereocenters. The molecule has 4 N–H and O–H groups in total. The first kappa shape index (κ1) is 14.5. The van der Waals surface area contributed by atoms with E-state index in [-0.39, 0.29) is 16.9 Å². The molecule has 0 radical (unpaired) electrons. The first-order chi connectivity index (χ1) is 9.87. The Morgan fingerprint density at radius 1 is 1.57 bits per heavy atom. The van der Waals surface area contributed by atoms with Gasteiger partial charge in [0.15, 0.2) is 17.7 Å². The number of ether oxygens (including phenoxy) is 1. The molecule has 0 bridgehead atoms. The maximum atomic E-state index is 14.1. The van der Waals surface area contributed by atoms with Crippen LogP contribution in [0.25, 0.3) is 11.0 Å². The van der Waals surface area contributed by atoms with Crippen LogP contribution in [0.4, 0.5) is 10.2 Å².